The lowest BCUT2D eigenvalue weighted by atomic mass is 10.3. The number of nitrogens with zero attached hydrogens (tertiary/aromatic N) is 1. The quantitative estimate of drug-likeness (QED) is 0.708. The van der Waals surface area contributed by atoms with E-state index in [0.717, 1.165) is 0 Å². The minimum Gasteiger partial charge on any atom is -0.445 e. The van der Waals surface area contributed by atoms with Crippen molar-refractivity contribution in [1.29, 1.82) is 0 Å². The molecule has 0 aliphatic heterocycles. The van der Waals surface area contributed by atoms with Crippen molar-refractivity contribution in [1.82, 2.24) is 4.98 Å². The third-order valence-corrected chi connectivity index (χ3v) is 2.04. The van der Waals surface area contributed by atoms with Crippen LogP contribution in [-0.2, 0) is 14.3 Å². The predicted molar refractivity (Wildman–Crippen MR) is 45.8 cm³/mol. The van der Waals surface area contributed by atoms with Crippen LogP contribution in [0.5, 0.6) is 0 Å². The maximum absolute atomic E-state index is 10.8. The van der Waals surface area contributed by atoms with E-state index in [4.69, 9.17) is 10.5 Å². The zero-order valence-electron chi connectivity index (χ0n) is 6.89. The van der Waals surface area contributed by atoms with Gasteiger partial charge in [0.15, 0.2) is 0 Å². The molecule has 6 heteroatoms. The van der Waals surface area contributed by atoms with Gasteiger partial charge >= 0.3 is 5.97 Å². The average molecular weight is 200 g/mol. The second kappa shape index (κ2) is 3.99. The summed E-state index contributed by atoms with van der Waals surface area (Å²) >= 11 is 1.21. The molecule has 1 atom stereocenters. The summed E-state index contributed by atoms with van der Waals surface area (Å²) in [4.78, 5) is 25.3. The number of thiazole rings is 1. The molecule has 1 aromatic rings. The van der Waals surface area contributed by atoms with Crippen molar-refractivity contribution in [3.8, 4) is 0 Å². The fourth-order valence-corrected chi connectivity index (χ4v) is 1.43. The van der Waals surface area contributed by atoms with Crippen LogP contribution >= 0.6 is 11.3 Å². The average Bonchev–Trinajstić information content (AvgIpc) is 2.50. The lowest BCUT2D eigenvalue weighted by Gasteiger charge is -2.09. The normalized spacial score (nSPS) is 12.1. The molecule has 1 aromatic heterocycles. The fourth-order valence-electron chi connectivity index (χ4n) is 0.760. The molecule has 0 radical (unpaired) electrons. The van der Waals surface area contributed by atoms with Crippen LogP contribution in [0.4, 0.5) is 0 Å². The van der Waals surface area contributed by atoms with Gasteiger partial charge in [-0.3, -0.25) is 9.59 Å². The highest BCUT2D eigenvalue weighted by atomic mass is 32.1. The molecule has 0 fully saturated rings. The number of carbonyl (C=O) groups is 2. The Balaban J connectivity index is 2.81. The van der Waals surface area contributed by atoms with Gasteiger partial charge in [0.1, 0.15) is 5.01 Å². The second-order valence-corrected chi connectivity index (χ2v) is 3.19. The Morgan fingerprint density at radius 3 is 2.77 bits per heavy atom. The molecule has 70 valence electrons. The Kier molecular flexibility index (Phi) is 2.97. The molecule has 13 heavy (non-hydrogen) atoms. The highest BCUT2D eigenvalue weighted by Crippen LogP contribution is 2.19. The van der Waals surface area contributed by atoms with Crippen LogP contribution in [0.3, 0.4) is 0 Å². The number of amides is 1. The number of primary amides is 1. The number of ether oxygens (including phenoxy) is 1. The molecule has 2 N–H and O–H groups in total. The van der Waals surface area contributed by atoms with Crippen molar-refractivity contribution >= 4 is 23.2 Å². The highest BCUT2D eigenvalue weighted by Gasteiger charge is 2.23. The van der Waals surface area contributed by atoms with Gasteiger partial charge in [-0.25, -0.2) is 4.98 Å². The first-order chi connectivity index (χ1) is 6.11. The van der Waals surface area contributed by atoms with E-state index in [-0.39, 0.29) is 0 Å². The zero-order valence-corrected chi connectivity index (χ0v) is 7.71. The number of esters is 1. The van der Waals surface area contributed by atoms with Gasteiger partial charge in [-0.1, -0.05) is 0 Å². The van der Waals surface area contributed by atoms with E-state index in [0.29, 0.717) is 5.01 Å². The molecule has 1 heterocycles. The number of hydrogen-bond acceptors (Lipinski definition) is 5. The lowest BCUT2D eigenvalue weighted by Crippen LogP contribution is -2.25. The summed E-state index contributed by atoms with van der Waals surface area (Å²) in [6, 6.07) is 0. The lowest BCUT2D eigenvalue weighted by molar-refractivity contribution is -0.153. The summed E-state index contributed by atoms with van der Waals surface area (Å²) in [5, 5.41) is 2.07. The van der Waals surface area contributed by atoms with E-state index in [1.807, 2.05) is 0 Å². The van der Waals surface area contributed by atoms with Crippen molar-refractivity contribution < 1.29 is 14.3 Å². The Morgan fingerprint density at radius 2 is 2.38 bits per heavy atom. The minimum atomic E-state index is -1.06. The van der Waals surface area contributed by atoms with E-state index >= 15 is 0 Å². The van der Waals surface area contributed by atoms with Crippen LogP contribution in [0.15, 0.2) is 11.6 Å². The molecular formula is C7H8N2O3S. The number of nitrogens with two attached hydrogens (primary N) is 1. The van der Waals surface area contributed by atoms with Gasteiger partial charge in [0.05, 0.1) is 0 Å². The molecule has 0 bridgehead atoms. The molecule has 1 rings (SSSR count). The summed E-state index contributed by atoms with van der Waals surface area (Å²) in [7, 11) is 0. The third-order valence-electron chi connectivity index (χ3n) is 1.22. The zero-order chi connectivity index (χ0) is 9.84. The Morgan fingerprint density at radius 1 is 1.69 bits per heavy atom. The van der Waals surface area contributed by atoms with E-state index in [2.05, 4.69) is 4.98 Å². The molecule has 1 unspecified atom stereocenters. The van der Waals surface area contributed by atoms with E-state index in [1.165, 1.54) is 24.5 Å². The summed E-state index contributed by atoms with van der Waals surface area (Å²) in [6.07, 6.45) is 0.455. The van der Waals surface area contributed by atoms with Gasteiger partial charge in [0, 0.05) is 18.5 Å². The first-order valence-electron chi connectivity index (χ1n) is 3.47. The van der Waals surface area contributed by atoms with Crippen LogP contribution in [0.25, 0.3) is 0 Å². The maximum atomic E-state index is 10.8. The predicted octanol–water partition coefficient (Wildman–Crippen LogP) is 0.233. The number of hydrogen-bond donors (Lipinski definition) is 1. The fraction of sp³-hybridized carbons (Fsp3) is 0.286. The number of carbonyl (C=O) groups excluding carboxylic acids is 2. The van der Waals surface area contributed by atoms with Crippen molar-refractivity contribution in [3.63, 3.8) is 0 Å². The van der Waals surface area contributed by atoms with E-state index < -0.39 is 18.0 Å². The molecule has 0 aliphatic rings. The van der Waals surface area contributed by atoms with Crippen molar-refractivity contribution in [3.05, 3.63) is 16.6 Å². The van der Waals surface area contributed by atoms with Crippen molar-refractivity contribution in [2.75, 3.05) is 0 Å². The molecule has 0 saturated carbocycles. The van der Waals surface area contributed by atoms with Crippen LogP contribution in [-0.4, -0.2) is 16.9 Å². The monoisotopic (exact) mass is 200 g/mol. The summed E-state index contributed by atoms with van der Waals surface area (Å²) in [5.74, 6) is -1.27. The van der Waals surface area contributed by atoms with Gasteiger partial charge in [0.25, 0.3) is 5.91 Å². The topological polar surface area (TPSA) is 82.3 Å². The number of rotatable bonds is 3. The Labute approximate surface area is 78.5 Å². The molecule has 5 nitrogen and oxygen atoms in total. The van der Waals surface area contributed by atoms with Gasteiger partial charge in [-0.2, -0.15) is 0 Å². The van der Waals surface area contributed by atoms with E-state index in [9.17, 15) is 9.59 Å². The second-order valence-electron chi connectivity index (χ2n) is 2.26. The molecule has 0 saturated heterocycles. The maximum Gasteiger partial charge on any atom is 0.303 e. The van der Waals surface area contributed by atoms with Crippen LogP contribution in [0, 0.1) is 0 Å². The molecule has 0 aromatic carbocycles. The molecular weight excluding hydrogens is 192 g/mol. The Hall–Kier alpha value is -1.43. The largest absolute Gasteiger partial charge is 0.445 e. The van der Waals surface area contributed by atoms with Gasteiger partial charge in [-0.05, 0) is 0 Å². The van der Waals surface area contributed by atoms with Gasteiger partial charge < -0.3 is 10.5 Å². The third kappa shape index (κ3) is 2.51. The first kappa shape index (κ1) is 9.66. The molecule has 1 amide bonds. The van der Waals surface area contributed by atoms with Gasteiger partial charge in [-0.15, -0.1) is 11.3 Å². The van der Waals surface area contributed by atoms with Crippen molar-refractivity contribution in [2.24, 2.45) is 5.73 Å². The van der Waals surface area contributed by atoms with Crippen LogP contribution in [0.2, 0.25) is 0 Å². The van der Waals surface area contributed by atoms with Crippen molar-refractivity contribution in [2.45, 2.75) is 13.0 Å². The van der Waals surface area contributed by atoms with E-state index in [1.54, 1.807) is 5.38 Å². The minimum absolute atomic E-state index is 0.391. The number of aromatic nitrogens is 1. The first-order valence-corrected chi connectivity index (χ1v) is 4.35. The molecule has 0 spiro atoms. The van der Waals surface area contributed by atoms with Crippen LogP contribution in [0.1, 0.15) is 18.0 Å². The smallest absolute Gasteiger partial charge is 0.303 e. The summed E-state index contributed by atoms with van der Waals surface area (Å²) in [5.41, 5.74) is 5.03. The van der Waals surface area contributed by atoms with Gasteiger partial charge in [0.2, 0.25) is 6.10 Å². The van der Waals surface area contributed by atoms with Crippen LogP contribution < -0.4 is 5.73 Å². The Bertz CT molecular complexity index is 310. The standard InChI is InChI=1S/C7H8N2O3S/c1-4(10)12-5(6(8)11)7-9-2-3-13-7/h2-3,5H,1H3,(H2,8,11). The molecule has 0 aliphatic carbocycles. The highest BCUT2D eigenvalue weighted by molar-refractivity contribution is 7.09. The summed E-state index contributed by atoms with van der Waals surface area (Å²) < 4.78 is 4.69. The SMILES string of the molecule is CC(=O)OC(C(N)=O)c1nccs1. The summed E-state index contributed by atoms with van der Waals surface area (Å²) in [6.45, 7) is 1.21.